The molecule has 1 aliphatic heterocycles. The highest BCUT2D eigenvalue weighted by atomic mass is 32.2. The lowest BCUT2D eigenvalue weighted by Gasteiger charge is -2.34. The third-order valence-corrected chi connectivity index (χ3v) is 6.04. The summed E-state index contributed by atoms with van der Waals surface area (Å²) < 4.78 is 0. The Bertz CT molecular complexity index is 244. The standard InChI is InChI=1S/C13H23NS2/c1-4-6-7-12(14-8-5-2)13-11(3)15-9-10-16-13/h11-14H,5,7-10H2,1-3H3. The Labute approximate surface area is 109 Å². The Balaban J connectivity index is 2.52. The van der Waals surface area contributed by atoms with Crippen LogP contribution < -0.4 is 5.32 Å². The van der Waals surface area contributed by atoms with Crippen molar-refractivity contribution in [3.8, 4) is 11.8 Å². The molecule has 1 heterocycles. The van der Waals surface area contributed by atoms with Crippen molar-refractivity contribution in [1.82, 2.24) is 5.32 Å². The van der Waals surface area contributed by atoms with Gasteiger partial charge in [0.2, 0.25) is 0 Å². The zero-order valence-corrected chi connectivity index (χ0v) is 12.2. The van der Waals surface area contributed by atoms with Crippen LogP contribution in [0.2, 0.25) is 0 Å². The average Bonchev–Trinajstić information content (AvgIpc) is 2.31. The van der Waals surface area contributed by atoms with E-state index in [1.165, 1.54) is 17.9 Å². The Morgan fingerprint density at radius 1 is 1.38 bits per heavy atom. The predicted molar refractivity (Wildman–Crippen MR) is 78.3 cm³/mol. The lowest BCUT2D eigenvalue weighted by Crippen LogP contribution is -2.44. The summed E-state index contributed by atoms with van der Waals surface area (Å²) in [4.78, 5) is 0. The minimum absolute atomic E-state index is 0.570. The molecule has 1 N–H and O–H groups in total. The highest BCUT2D eigenvalue weighted by Gasteiger charge is 2.29. The van der Waals surface area contributed by atoms with Crippen LogP contribution >= 0.6 is 23.5 Å². The van der Waals surface area contributed by atoms with Gasteiger partial charge < -0.3 is 5.32 Å². The van der Waals surface area contributed by atoms with E-state index in [1.807, 2.05) is 6.92 Å². The molecule has 0 saturated carbocycles. The highest BCUT2D eigenvalue weighted by molar-refractivity contribution is 8.07. The first-order valence-electron chi connectivity index (χ1n) is 6.15. The van der Waals surface area contributed by atoms with Gasteiger partial charge in [0, 0.05) is 34.5 Å². The lowest BCUT2D eigenvalue weighted by atomic mass is 10.1. The van der Waals surface area contributed by atoms with Gasteiger partial charge in [-0.05, 0) is 19.9 Å². The van der Waals surface area contributed by atoms with E-state index in [1.54, 1.807) is 0 Å². The van der Waals surface area contributed by atoms with Crippen LogP contribution in [0, 0.1) is 11.8 Å². The predicted octanol–water partition coefficient (Wildman–Crippen LogP) is 3.01. The summed E-state index contributed by atoms with van der Waals surface area (Å²) in [5.74, 6) is 8.87. The highest BCUT2D eigenvalue weighted by Crippen LogP contribution is 2.33. The van der Waals surface area contributed by atoms with Gasteiger partial charge in [-0.2, -0.15) is 23.5 Å². The van der Waals surface area contributed by atoms with Crippen molar-refractivity contribution in [2.45, 2.75) is 50.2 Å². The molecule has 3 atom stereocenters. The Kier molecular flexibility index (Phi) is 7.44. The van der Waals surface area contributed by atoms with E-state index in [-0.39, 0.29) is 0 Å². The zero-order valence-electron chi connectivity index (χ0n) is 10.6. The van der Waals surface area contributed by atoms with Gasteiger partial charge in [0.25, 0.3) is 0 Å². The molecular weight excluding hydrogens is 234 g/mol. The van der Waals surface area contributed by atoms with Crippen LogP contribution in [0.5, 0.6) is 0 Å². The molecule has 0 aromatic carbocycles. The molecular formula is C13H23NS2. The van der Waals surface area contributed by atoms with Crippen molar-refractivity contribution in [2.75, 3.05) is 18.1 Å². The van der Waals surface area contributed by atoms with Gasteiger partial charge in [0.15, 0.2) is 0 Å². The van der Waals surface area contributed by atoms with Crippen LogP contribution in [0.4, 0.5) is 0 Å². The largest absolute Gasteiger partial charge is 0.312 e. The van der Waals surface area contributed by atoms with Crippen molar-refractivity contribution in [3.05, 3.63) is 0 Å². The van der Waals surface area contributed by atoms with Crippen LogP contribution in [-0.2, 0) is 0 Å². The van der Waals surface area contributed by atoms with Crippen molar-refractivity contribution in [1.29, 1.82) is 0 Å². The van der Waals surface area contributed by atoms with Gasteiger partial charge in [-0.15, -0.1) is 11.8 Å². The van der Waals surface area contributed by atoms with Gasteiger partial charge in [-0.3, -0.25) is 0 Å². The molecule has 0 aliphatic carbocycles. The maximum Gasteiger partial charge on any atom is 0.0326 e. The first-order chi connectivity index (χ1) is 7.79. The Morgan fingerprint density at radius 2 is 2.12 bits per heavy atom. The van der Waals surface area contributed by atoms with Gasteiger partial charge in [0.05, 0.1) is 0 Å². The molecule has 1 aliphatic rings. The second kappa shape index (κ2) is 8.33. The molecule has 1 rings (SSSR count). The van der Waals surface area contributed by atoms with Crippen LogP contribution in [0.25, 0.3) is 0 Å². The fourth-order valence-electron chi connectivity index (χ4n) is 1.94. The lowest BCUT2D eigenvalue weighted by molar-refractivity contribution is 0.498. The molecule has 0 radical (unpaired) electrons. The van der Waals surface area contributed by atoms with Crippen LogP contribution in [0.3, 0.4) is 0 Å². The molecule has 92 valence electrons. The minimum Gasteiger partial charge on any atom is -0.312 e. The first kappa shape index (κ1) is 14.3. The quantitative estimate of drug-likeness (QED) is 0.761. The van der Waals surface area contributed by atoms with E-state index in [4.69, 9.17) is 0 Å². The second-order valence-corrected chi connectivity index (χ2v) is 6.87. The van der Waals surface area contributed by atoms with Crippen LogP contribution in [0.15, 0.2) is 0 Å². The topological polar surface area (TPSA) is 12.0 Å². The maximum atomic E-state index is 3.67. The third-order valence-electron chi connectivity index (χ3n) is 2.79. The van der Waals surface area contributed by atoms with E-state index >= 15 is 0 Å². The van der Waals surface area contributed by atoms with Crippen molar-refractivity contribution < 1.29 is 0 Å². The minimum atomic E-state index is 0.570. The molecule has 1 fully saturated rings. The summed E-state index contributed by atoms with van der Waals surface area (Å²) in [6.07, 6.45) is 2.20. The van der Waals surface area contributed by atoms with Crippen LogP contribution in [-0.4, -0.2) is 34.6 Å². The summed E-state index contributed by atoms with van der Waals surface area (Å²) >= 11 is 4.24. The van der Waals surface area contributed by atoms with Crippen molar-refractivity contribution in [3.63, 3.8) is 0 Å². The Morgan fingerprint density at radius 3 is 2.75 bits per heavy atom. The van der Waals surface area contributed by atoms with Crippen molar-refractivity contribution >= 4 is 23.5 Å². The van der Waals surface area contributed by atoms with Gasteiger partial charge >= 0.3 is 0 Å². The van der Waals surface area contributed by atoms with Crippen LogP contribution in [0.1, 0.15) is 33.6 Å². The van der Waals surface area contributed by atoms with E-state index in [0.717, 1.165) is 23.5 Å². The molecule has 0 bridgehead atoms. The number of hydrogen-bond acceptors (Lipinski definition) is 3. The summed E-state index contributed by atoms with van der Waals surface area (Å²) in [6, 6.07) is 0.570. The summed E-state index contributed by atoms with van der Waals surface area (Å²) in [7, 11) is 0. The fraction of sp³-hybridized carbons (Fsp3) is 0.846. The molecule has 1 saturated heterocycles. The molecule has 0 aromatic heterocycles. The summed E-state index contributed by atoms with van der Waals surface area (Å²) in [5, 5.41) is 5.15. The molecule has 0 amide bonds. The summed E-state index contributed by atoms with van der Waals surface area (Å²) in [5.41, 5.74) is 0. The van der Waals surface area contributed by atoms with E-state index < -0.39 is 0 Å². The molecule has 16 heavy (non-hydrogen) atoms. The van der Waals surface area contributed by atoms with E-state index in [9.17, 15) is 0 Å². The average molecular weight is 257 g/mol. The molecule has 3 unspecified atom stereocenters. The number of nitrogens with one attached hydrogen (secondary N) is 1. The van der Waals surface area contributed by atoms with Gasteiger partial charge in [-0.25, -0.2) is 0 Å². The smallest absolute Gasteiger partial charge is 0.0326 e. The molecule has 0 spiro atoms. The zero-order chi connectivity index (χ0) is 11.8. The summed E-state index contributed by atoms with van der Waals surface area (Å²) in [6.45, 7) is 7.64. The fourth-order valence-corrected chi connectivity index (χ4v) is 4.90. The second-order valence-electron chi connectivity index (χ2n) is 4.10. The normalized spacial score (nSPS) is 26.9. The molecule has 0 aromatic rings. The van der Waals surface area contributed by atoms with Gasteiger partial charge in [-0.1, -0.05) is 13.8 Å². The van der Waals surface area contributed by atoms with E-state index in [0.29, 0.717) is 6.04 Å². The monoisotopic (exact) mass is 257 g/mol. The first-order valence-corrected chi connectivity index (χ1v) is 8.25. The number of rotatable bonds is 5. The number of hydrogen-bond donors (Lipinski definition) is 1. The SMILES string of the molecule is CC#CCC(NCCC)C1SCCSC1C. The van der Waals surface area contributed by atoms with Crippen molar-refractivity contribution in [2.24, 2.45) is 0 Å². The number of thioether (sulfide) groups is 2. The molecule has 1 nitrogen and oxygen atoms in total. The maximum absolute atomic E-state index is 3.67. The van der Waals surface area contributed by atoms with Gasteiger partial charge in [0.1, 0.15) is 0 Å². The Hall–Kier alpha value is 0.220. The van der Waals surface area contributed by atoms with E-state index in [2.05, 4.69) is 54.5 Å². The molecule has 3 heteroatoms. The third kappa shape index (κ3) is 4.61.